The smallest absolute Gasteiger partial charge is 0.325 e. The number of urea groups is 1. The number of carbonyl (C=O) groups excluding carboxylic acids is 3. The van der Waals surface area contributed by atoms with Crippen molar-refractivity contribution in [1.29, 1.82) is 0 Å². The standard InChI is InChI=1S/C18H15FN4O5S/c19-12-3-1-11(2-4-12)9-15-17(25)23(18(26)22-15)10-16(24)21-13-5-7-14(8-6-13)29(20,27)28/h1-9H,10H2,(H,21,24)(H,22,26)(H2,20,27,28)/b15-9-. The van der Waals surface area contributed by atoms with Crippen molar-refractivity contribution >= 4 is 39.6 Å². The Balaban J connectivity index is 1.66. The number of rotatable bonds is 5. The van der Waals surface area contributed by atoms with Crippen LogP contribution in [0.4, 0.5) is 14.9 Å². The molecule has 0 atom stereocenters. The van der Waals surface area contributed by atoms with Crippen LogP contribution in [-0.2, 0) is 19.6 Å². The van der Waals surface area contributed by atoms with E-state index in [2.05, 4.69) is 10.6 Å². The summed E-state index contributed by atoms with van der Waals surface area (Å²) in [7, 11) is -3.86. The summed E-state index contributed by atoms with van der Waals surface area (Å²) in [5.41, 5.74) is 0.708. The molecule has 0 bridgehead atoms. The third-order valence-corrected chi connectivity index (χ3v) is 4.84. The van der Waals surface area contributed by atoms with Gasteiger partial charge in [-0.3, -0.25) is 9.59 Å². The molecule has 1 saturated heterocycles. The summed E-state index contributed by atoms with van der Waals surface area (Å²) in [6.45, 7) is -0.553. The van der Waals surface area contributed by atoms with Gasteiger partial charge >= 0.3 is 6.03 Å². The Bertz CT molecular complexity index is 1110. The van der Waals surface area contributed by atoms with Crippen LogP contribution in [0.2, 0.25) is 0 Å². The molecule has 1 fully saturated rings. The normalized spacial score (nSPS) is 15.5. The molecule has 29 heavy (non-hydrogen) atoms. The molecule has 2 aromatic carbocycles. The fourth-order valence-corrected chi connectivity index (χ4v) is 3.03. The van der Waals surface area contributed by atoms with E-state index in [1.165, 1.54) is 54.6 Å². The Hall–Kier alpha value is -3.57. The van der Waals surface area contributed by atoms with Gasteiger partial charge < -0.3 is 10.6 Å². The van der Waals surface area contributed by atoms with Crippen molar-refractivity contribution in [2.45, 2.75) is 4.90 Å². The third-order valence-electron chi connectivity index (χ3n) is 3.91. The third kappa shape index (κ3) is 4.83. The van der Waals surface area contributed by atoms with Crippen molar-refractivity contribution in [3.63, 3.8) is 0 Å². The number of nitrogens with zero attached hydrogens (tertiary/aromatic N) is 1. The number of halogens is 1. The number of imide groups is 1. The van der Waals surface area contributed by atoms with Gasteiger partial charge in [-0.1, -0.05) is 12.1 Å². The average Bonchev–Trinajstić information content (AvgIpc) is 2.91. The second-order valence-electron chi connectivity index (χ2n) is 6.05. The lowest BCUT2D eigenvalue weighted by Crippen LogP contribution is -2.38. The number of primary sulfonamides is 1. The summed E-state index contributed by atoms with van der Waals surface area (Å²) >= 11 is 0. The van der Waals surface area contributed by atoms with Gasteiger partial charge in [-0.2, -0.15) is 0 Å². The van der Waals surface area contributed by atoms with E-state index in [9.17, 15) is 27.2 Å². The van der Waals surface area contributed by atoms with E-state index in [1.54, 1.807) is 0 Å². The second kappa shape index (κ2) is 7.81. The number of hydrogen-bond acceptors (Lipinski definition) is 5. The van der Waals surface area contributed by atoms with Crippen LogP contribution in [0.15, 0.2) is 59.1 Å². The molecule has 4 amide bonds. The maximum atomic E-state index is 13.0. The van der Waals surface area contributed by atoms with Gasteiger partial charge in [0.1, 0.15) is 18.1 Å². The van der Waals surface area contributed by atoms with Crippen molar-refractivity contribution in [3.8, 4) is 0 Å². The molecule has 0 unspecified atom stereocenters. The van der Waals surface area contributed by atoms with Crippen molar-refractivity contribution < 1.29 is 27.2 Å². The van der Waals surface area contributed by atoms with Crippen LogP contribution in [0.25, 0.3) is 6.08 Å². The molecule has 4 N–H and O–H groups in total. The average molecular weight is 418 g/mol. The van der Waals surface area contributed by atoms with Gasteiger partial charge in [-0.05, 0) is 48.0 Å². The predicted octanol–water partition coefficient (Wildman–Crippen LogP) is 1.00. The molecule has 0 aromatic heterocycles. The molecule has 11 heteroatoms. The largest absolute Gasteiger partial charge is 0.329 e. The number of amides is 4. The van der Waals surface area contributed by atoms with Crippen LogP contribution in [-0.4, -0.2) is 37.7 Å². The summed E-state index contributed by atoms with van der Waals surface area (Å²) in [5.74, 6) is -1.82. The minimum atomic E-state index is -3.86. The van der Waals surface area contributed by atoms with Gasteiger partial charge in [0, 0.05) is 5.69 Å². The summed E-state index contributed by atoms with van der Waals surface area (Å²) in [6.07, 6.45) is 1.36. The molecule has 150 valence electrons. The first-order valence-electron chi connectivity index (χ1n) is 8.16. The highest BCUT2D eigenvalue weighted by molar-refractivity contribution is 7.89. The van der Waals surface area contributed by atoms with Crippen LogP contribution in [0, 0.1) is 5.82 Å². The van der Waals surface area contributed by atoms with E-state index < -0.39 is 40.2 Å². The van der Waals surface area contributed by atoms with Gasteiger partial charge in [0.2, 0.25) is 15.9 Å². The summed E-state index contributed by atoms with van der Waals surface area (Å²) in [5, 5.41) is 9.80. The van der Waals surface area contributed by atoms with Crippen molar-refractivity contribution in [2.24, 2.45) is 5.14 Å². The zero-order chi connectivity index (χ0) is 21.2. The van der Waals surface area contributed by atoms with E-state index in [0.717, 1.165) is 0 Å². The molecule has 3 rings (SSSR count). The van der Waals surface area contributed by atoms with Crippen LogP contribution in [0.1, 0.15) is 5.56 Å². The summed E-state index contributed by atoms with van der Waals surface area (Å²) < 4.78 is 35.4. The number of carbonyl (C=O) groups is 3. The first-order chi connectivity index (χ1) is 13.6. The Kier molecular flexibility index (Phi) is 5.43. The number of anilines is 1. The van der Waals surface area contributed by atoms with Crippen LogP contribution in [0.5, 0.6) is 0 Å². The highest BCUT2D eigenvalue weighted by atomic mass is 32.2. The van der Waals surface area contributed by atoms with Crippen molar-refractivity contribution in [1.82, 2.24) is 10.2 Å². The molecule has 0 saturated carbocycles. The maximum absolute atomic E-state index is 13.0. The fraction of sp³-hybridized carbons (Fsp3) is 0.0556. The highest BCUT2D eigenvalue weighted by Gasteiger charge is 2.34. The fourth-order valence-electron chi connectivity index (χ4n) is 2.51. The van der Waals surface area contributed by atoms with E-state index >= 15 is 0 Å². The van der Waals surface area contributed by atoms with E-state index in [4.69, 9.17) is 5.14 Å². The lowest BCUT2D eigenvalue weighted by molar-refractivity contribution is -0.127. The van der Waals surface area contributed by atoms with Gasteiger partial charge in [0.15, 0.2) is 0 Å². The van der Waals surface area contributed by atoms with Crippen LogP contribution < -0.4 is 15.8 Å². The molecule has 0 aliphatic carbocycles. The lowest BCUT2D eigenvalue weighted by atomic mass is 10.2. The van der Waals surface area contributed by atoms with Gasteiger partial charge in [-0.25, -0.2) is 27.6 Å². The van der Waals surface area contributed by atoms with Gasteiger partial charge in [-0.15, -0.1) is 0 Å². The Morgan fingerprint density at radius 3 is 2.31 bits per heavy atom. The Morgan fingerprint density at radius 1 is 1.10 bits per heavy atom. The van der Waals surface area contributed by atoms with E-state index in [0.29, 0.717) is 10.5 Å². The first-order valence-corrected chi connectivity index (χ1v) is 9.71. The van der Waals surface area contributed by atoms with Crippen molar-refractivity contribution in [2.75, 3.05) is 11.9 Å². The molecule has 9 nitrogen and oxygen atoms in total. The molecule has 1 aliphatic heterocycles. The monoisotopic (exact) mass is 418 g/mol. The van der Waals surface area contributed by atoms with Crippen LogP contribution in [0.3, 0.4) is 0 Å². The quantitative estimate of drug-likeness (QED) is 0.491. The topological polar surface area (TPSA) is 139 Å². The zero-order valence-electron chi connectivity index (χ0n) is 14.8. The van der Waals surface area contributed by atoms with Gasteiger partial charge in [0.05, 0.1) is 4.90 Å². The molecule has 0 spiro atoms. The number of benzene rings is 2. The molecule has 0 radical (unpaired) electrons. The van der Waals surface area contributed by atoms with E-state index in [1.807, 2.05) is 0 Å². The van der Waals surface area contributed by atoms with Crippen LogP contribution >= 0.6 is 0 Å². The minimum absolute atomic E-state index is 0.0492. The SMILES string of the molecule is NS(=O)(=O)c1ccc(NC(=O)CN2C(=O)N/C(=C\c3ccc(F)cc3)C2=O)cc1. The summed E-state index contributed by atoms with van der Waals surface area (Å²) in [4.78, 5) is 37.1. The zero-order valence-corrected chi connectivity index (χ0v) is 15.6. The minimum Gasteiger partial charge on any atom is -0.325 e. The molecular weight excluding hydrogens is 403 g/mol. The van der Waals surface area contributed by atoms with Crippen molar-refractivity contribution in [3.05, 3.63) is 65.6 Å². The number of nitrogens with two attached hydrogens (primary N) is 1. The number of hydrogen-bond donors (Lipinski definition) is 3. The Morgan fingerprint density at radius 2 is 1.72 bits per heavy atom. The molecule has 1 heterocycles. The van der Waals surface area contributed by atoms with E-state index in [-0.39, 0.29) is 16.3 Å². The molecular formula is C18H15FN4O5S. The maximum Gasteiger partial charge on any atom is 0.329 e. The molecule has 2 aromatic rings. The van der Waals surface area contributed by atoms with Gasteiger partial charge in [0.25, 0.3) is 5.91 Å². The number of nitrogens with one attached hydrogen (secondary N) is 2. The highest BCUT2D eigenvalue weighted by Crippen LogP contribution is 2.16. The predicted molar refractivity (Wildman–Crippen MR) is 101 cm³/mol. The second-order valence-corrected chi connectivity index (χ2v) is 7.61. The number of sulfonamides is 1. The Labute approximate surface area is 165 Å². The lowest BCUT2D eigenvalue weighted by Gasteiger charge is -2.12. The first kappa shape index (κ1) is 20.2. The summed E-state index contributed by atoms with van der Waals surface area (Å²) in [6, 6.07) is 9.57. The molecule has 1 aliphatic rings.